The van der Waals surface area contributed by atoms with Crippen LogP contribution in [0.15, 0.2) is 35.2 Å². The molecule has 1 aromatic carbocycles. The Morgan fingerprint density at radius 1 is 1.14 bits per heavy atom. The molecule has 1 saturated carbocycles. The molecule has 1 fully saturated rings. The molecule has 1 atom stereocenters. The molecule has 10 heteroatoms. The third kappa shape index (κ3) is 6.93. The van der Waals surface area contributed by atoms with Gasteiger partial charge in [0, 0.05) is 12.6 Å². The number of imide groups is 1. The summed E-state index contributed by atoms with van der Waals surface area (Å²) in [7, 11) is -3.72. The fourth-order valence-corrected chi connectivity index (χ4v) is 3.84. The van der Waals surface area contributed by atoms with Crippen LogP contribution in [0.3, 0.4) is 0 Å². The standard InChI is InChI=1S/C18H25N3O6S/c1-13(17(23)21-18(24)20-14-7-5-6-8-14)27-16(22)11-12-19-28(25,26)15-9-3-2-4-10-15/h2-4,9-10,13-14,19H,5-8,11-12H2,1H3,(H2,20,21,23,24)/t13-/m0/s1. The Morgan fingerprint density at radius 3 is 2.43 bits per heavy atom. The summed E-state index contributed by atoms with van der Waals surface area (Å²) < 4.78 is 31.3. The van der Waals surface area contributed by atoms with Crippen LogP contribution in [0.2, 0.25) is 0 Å². The Labute approximate surface area is 164 Å². The maximum absolute atomic E-state index is 12.0. The van der Waals surface area contributed by atoms with Crippen molar-refractivity contribution in [2.24, 2.45) is 0 Å². The molecule has 0 saturated heterocycles. The minimum Gasteiger partial charge on any atom is -0.452 e. The lowest BCUT2D eigenvalue weighted by molar-refractivity contribution is -0.154. The lowest BCUT2D eigenvalue weighted by atomic mass is 10.2. The summed E-state index contributed by atoms with van der Waals surface area (Å²) in [6, 6.07) is 7.18. The van der Waals surface area contributed by atoms with E-state index < -0.39 is 34.0 Å². The summed E-state index contributed by atoms with van der Waals surface area (Å²) in [6.07, 6.45) is 2.42. The summed E-state index contributed by atoms with van der Waals surface area (Å²) >= 11 is 0. The number of carbonyl (C=O) groups excluding carboxylic acids is 3. The zero-order valence-corrected chi connectivity index (χ0v) is 16.5. The van der Waals surface area contributed by atoms with Crippen molar-refractivity contribution >= 4 is 27.9 Å². The van der Waals surface area contributed by atoms with Gasteiger partial charge in [-0.15, -0.1) is 0 Å². The second-order valence-corrected chi connectivity index (χ2v) is 8.30. The Balaban J connectivity index is 1.69. The molecular weight excluding hydrogens is 386 g/mol. The van der Waals surface area contributed by atoms with Gasteiger partial charge in [-0.05, 0) is 31.9 Å². The number of esters is 1. The molecule has 0 radical (unpaired) electrons. The van der Waals surface area contributed by atoms with Crippen molar-refractivity contribution in [1.82, 2.24) is 15.4 Å². The number of sulfonamides is 1. The number of amides is 3. The quantitative estimate of drug-likeness (QED) is 0.548. The Kier molecular flexibility index (Phi) is 7.94. The molecule has 1 aromatic rings. The monoisotopic (exact) mass is 411 g/mol. The second kappa shape index (κ2) is 10.2. The number of urea groups is 1. The van der Waals surface area contributed by atoms with Gasteiger partial charge in [0.1, 0.15) is 0 Å². The average Bonchev–Trinajstić information content (AvgIpc) is 3.15. The summed E-state index contributed by atoms with van der Waals surface area (Å²) in [4.78, 5) is 35.6. The van der Waals surface area contributed by atoms with Crippen LogP contribution in [-0.4, -0.2) is 45.0 Å². The van der Waals surface area contributed by atoms with Gasteiger partial charge in [-0.3, -0.25) is 14.9 Å². The molecule has 9 nitrogen and oxygen atoms in total. The van der Waals surface area contributed by atoms with Crippen molar-refractivity contribution in [3.8, 4) is 0 Å². The van der Waals surface area contributed by atoms with E-state index in [2.05, 4.69) is 15.4 Å². The molecule has 0 heterocycles. The van der Waals surface area contributed by atoms with E-state index in [4.69, 9.17) is 4.74 Å². The first-order valence-electron chi connectivity index (χ1n) is 9.13. The highest BCUT2D eigenvalue weighted by Gasteiger charge is 2.23. The minimum atomic E-state index is -3.72. The van der Waals surface area contributed by atoms with Crippen molar-refractivity contribution in [1.29, 1.82) is 0 Å². The molecule has 2 rings (SSSR count). The maximum Gasteiger partial charge on any atom is 0.321 e. The molecule has 0 unspecified atom stereocenters. The van der Waals surface area contributed by atoms with E-state index in [0.29, 0.717) is 0 Å². The van der Waals surface area contributed by atoms with Crippen molar-refractivity contribution in [2.75, 3.05) is 6.54 Å². The van der Waals surface area contributed by atoms with Crippen molar-refractivity contribution in [2.45, 2.75) is 56.1 Å². The highest BCUT2D eigenvalue weighted by Crippen LogP contribution is 2.17. The van der Waals surface area contributed by atoms with Crippen LogP contribution in [-0.2, 0) is 24.3 Å². The van der Waals surface area contributed by atoms with Gasteiger partial charge < -0.3 is 10.1 Å². The molecule has 0 aromatic heterocycles. The second-order valence-electron chi connectivity index (χ2n) is 6.54. The SMILES string of the molecule is C[C@H](OC(=O)CCNS(=O)(=O)c1ccccc1)C(=O)NC(=O)NC1CCCC1. The predicted molar refractivity (Wildman–Crippen MR) is 101 cm³/mol. The Morgan fingerprint density at radius 2 is 1.79 bits per heavy atom. The minimum absolute atomic E-state index is 0.0586. The number of rotatable bonds is 8. The van der Waals surface area contributed by atoms with Gasteiger partial charge in [0.2, 0.25) is 10.0 Å². The zero-order chi connectivity index (χ0) is 20.6. The van der Waals surface area contributed by atoms with Gasteiger partial charge in [0.05, 0.1) is 11.3 Å². The molecule has 28 heavy (non-hydrogen) atoms. The number of carbonyl (C=O) groups is 3. The topological polar surface area (TPSA) is 131 Å². The van der Waals surface area contributed by atoms with E-state index in [1.165, 1.54) is 19.1 Å². The van der Waals surface area contributed by atoms with Crippen LogP contribution in [0, 0.1) is 0 Å². The van der Waals surface area contributed by atoms with Gasteiger partial charge in [-0.1, -0.05) is 31.0 Å². The fraction of sp³-hybridized carbons (Fsp3) is 0.500. The van der Waals surface area contributed by atoms with E-state index in [-0.39, 0.29) is 23.9 Å². The summed E-state index contributed by atoms with van der Waals surface area (Å²) in [5, 5.41) is 4.83. The van der Waals surface area contributed by atoms with Crippen molar-refractivity contribution in [3.63, 3.8) is 0 Å². The Hall–Kier alpha value is -2.46. The van der Waals surface area contributed by atoms with Crippen LogP contribution in [0.4, 0.5) is 4.79 Å². The van der Waals surface area contributed by atoms with E-state index in [1.54, 1.807) is 18.2 Å². The van der Waals surface area contributed by atoms with Gasteiger partial charge in [0.15, 0.2) is 6.10 Å². The van der Waals surface area contributed by atoms with E-state index in [9.17, 15) is 22.8 Å². The third-order valence-corrected chi connectivity index (χ3v) is 5.76. The zero-order valence-electron chi connectivity index (χ0n) is 15.6. The average molecular weight is 411 g/mol. The number of ether oxygens (including phenoxy) is 1. The molecule has 1 aliphatic carbocycles. The number of hydrogen-bond acceptors (Lipinski definition) is 6. The van der Waals surface area contributed by atoms with Crippen LogP contribution >= 0.6 is 0 Å². The summed E-state index contributed by atoms with van der Waals surface area (Å²) in [5.74, 6) is -1.50. The number of hydrogen-bond donors (Lipinski definition) is 3. The molecule has 3 N–H and O–H groups in total. The van der Waals surface area contributed by atoms with Crippen molar-refractivity contribution < 1.29 is 27.5 Å². The van der Waals surface area contributed by atoms with E-state index in [1.807, 2.05) is 0 Å². The predicted octanol–water partition coefficient (Wildman–Crippen LogP) is 1.06. The largest absolute Gasteiger partial charge is 0.452 e. The van der Waals surface area contributed by atoms with E-state index >= 15 is 0 Å². The fourth-order valence-electron chi connectivity index (χ4n) is 2.79. The highest BCUT2D eigenvalue weighted by atomic mass is 32.2. The first-order chi connectivity index (χ1) is 13.3. The lowest BCUT2D eigenvalue weighted by Gasteiger charge is -2.15. The first kappa shape index (κ1) is 21.8. The van der Waals surface area contributed by atoms with Crippen LogP contribution in [0.25, 0.3) is 0 Å². The number of benzene rings is 1. The first-order valence-corrected chi connectivity index (χ1v) is 10.6. The lowest BCUT2D eigenvalue weighted by Crippen LogP contribution is -2.47. The molecular formula is C18H25N3O6S. The molecule has 0 spiro atoms. The van der Waals surface area contributed by atoms with Crippen LogP contribution in [0.1, 0.15) is 39.0 Å². The van der Waals surface area contributed by atoms with Gasteiger partial charge in [0.25, 0.3) is 5.91 Å². The van der Waals surface area contributed by atoms with Crippen LogP contribution < -0.4 is 15.4 Å². The van der Waals surface area contributed by atoms with Crippen LogP contribution in [0.5, 0.6) is 0 Å². The normalized spacial score (nSPS) is 15.6. The third-order valence-electron chi connectivity index (χ3n) is 4.28. The molecule has 1 aliphatic rings. The maximum atomic E-state index is 12.0. The molecule has 154 valence electrons. The van der Waals surface area contributed by atoms with Gasteiger partial charge in [-0.25, -0.2) is 17.9 Å². The summed E-state index contributed by atoms with van der Waals surface area (Å²) in [6.45, 7) is 1.16. The van der Waals surface area contributed by atoms with Gasteiger partial charge >= 0.3 is 12.0 Å². The summed E-state index contributed by atoms with van der Waals surface area (Å²) in [5.41, 5.74) is 0. The number of nitrogens with one attached hydrogen (secondary N) is 3. The molecule has 0 bridgehead atoms. The Bertz CT molecular complexity index is 791. The molecule has 0 aliphatic heterocycles. The smallest absolute Gasteiger partial charge is 0.321 e. The van der Waals surface area contributed by atoms with Crippen molar-refractivity contribution in [3.05, 3.63) is 30.3 Å². The van der Waals surface area contributed by atoms with Gasteiger partial charge in [-0.2, -0.15) is 0 Å². The highest BCUT2D eigenvalue weighted by molar-refractivity contribution is 7.89. The van der Waals surface area contributed by atoms with E-state index in [0.717, 1.165) is 25.7 Å². The molecule has 3 amide bonds.